The lowest BCUT2D eigenvalue weighted by Crippen LogP contribution is -2.30. The van der Waals surface area contributed by atoms with Crippen LogP contribution in [-0.4, -0.2) is 37.2 Å². The van der Waals surface area contributed by atoms with Crippen molar-refractivity contribution in [3.63, 3.8) is 0 Å². The summed E-state index contributed by atoms with van der Waals surface area (Å²) < 4.78 is 16.9. The molecule has 0 aromatic rings. The second-order valence-electron chi connectivity index (χ2n) is 24.1. The Bertz CT molecular complexity index is 1320. The third-order valence-corrected chi connectivity index (χ3v) is 16.1. The minimum Gasteiger partial charge on any atom is -0.462 e. The number of unbranched alkanes of at least 4 members (excludes halogenated alkanes) is 49. The molecule has 464 valence electrons. The fourth-order valence-electron chi connectivity index (χ4n) is 10.8. The summed E-state index contributed by atoms with van der Waals surface area (Å²) in [6.07, 6.45) is 84.8. The van der Waals surface area contributed by atoms with E-state index in [1.165, 1.54) is 276 Å². The number of carbonyl (C=O) groups is 3. The molecular formula is C73H136O6. The van der Waals surface area contributed by atoms with Crippen molar-refractivity contribution in [3.05, 3.63) is 36.5 Å². The average molecular weight is 1110 g/mol. The fourth-order valence-corrected chi connectivity index (χ4v) is 10.8. The van der Waals surface area contributed by atoms with Crippen LogP contribution in [0.5, 0.6) is 0 Å². The van der Waals surface area contributed by atoms with Crippen LogP contribution in [0.4, 0.5) is 0 Å². The van der Waals surface area contributed by atoms with Crippen molar-refractivity contribution >= 4 is 17.9 Å². The Morgan fingerprint density at radius 1 is 0.253 bits per heavy atom. The van der Waals surface area contributed by atoms with Gasteiger partial charge in [0.05, 0.1) is 0 Å². The highest BCUT2D eigenvalue weighted by Crippen LogP contribution is 2.19. The molecule has 0 spiro atoms. The van der Waals surface area contributed by atoms with Crippen LogP contribution in [0.2, 0.25) is 0 Å². The largest absolute Gasteiger partial charge is 0.462 e. The Hall–Kier alpha value is -2.37. The van der Waals surface area contributed by atoms with Crippen molar-refractivity contribution in [2.24, 2.45) is 0 Å². The lowest BCUT2D eigenvalue weighted by Gasteiger charge is -2.18. The van der Waals surface area contributed by atoms with E-state index in [0.717, 1.165) is 77.0 Å². The number of allylic oxidation sites excluding steroid dienone is 6. The molecule has 0 aromatic carbocycles. The second-order valence-corrected chi connectivity index (χ2v) is 24.1. The number of rotatable bonds is 66. The molecule has 1 atom stereocenters. The summed E-state index contributed by atoms with van der Waals surface area (Å²) in [5.41, 5.74) is 0. The zero-order valence-electron chi connectivity index (χ0n) is 53.4. The van der Waals surface area contributed by atoms with Gasteiger partial charge < -0.3 is 14.2 Å². The summed E-state index contributed by atoms with van der Waals surface area (Å²) >= 11 is 0. The van der Waals surface area contributed by atoms with Gasteiger partial charge in [-0.05, 0) is 70.6 Å². The standard InChI is InChI=1S/C73H136O6/c1-4-7-10-13-16-19-22-24-26-28-30-32-34-35-36-37-38-40-41-43-45-47-49-51-54-57-60-63-66-72(75)78-69-70(68-77-71(74)65-62-59-56-53-21-18-15-12-9-6-3)79-73(76)67-64-61-58-55-52-50-48-46-44-42-39-33-31-29-27-25-23-20-17-14-11-8-5-2/h12,15,23,25,29,31,70H,4-11,13-14,16-22,24,26-28,30,32-69H2,1-3H3/b15-12-,25-23-,31-29-. The summed E-state index contributed by atoms with van der Waals surface area (Å²) in [7, 11) is 0. The summed E-state index contributed by atoms with van der Waals surface area (Å²) in [5, 5.41) is 0. The highest BCUT2D eigenvalue weighted by molar-refractivity contribution is 5.71. The molecule has 0 heterocycles. The predicted molar refractivity (Wildman–Crippen MR) is 344 cm³/mol. The Balaban J connectivity index is 4.12. The topological polar surface area (TPSA) is 78.9 Å². The first-order valence-electron chi connectivity index (χ1n) is 35.5. The van der Waals surface area contributed by atoms with Crippen LogP contribution in [-0.2, 0) is 28.6 Å². The summed E-state index contributed by atoms with van der Waals surface area (Å²) in [5.74, 6) is -0.859. The van der Waals surface area contributed by atoms with Gasteiger partial charge in [0.25, 0.3) is 0 Å². The van der Waals surface area contributed by atoms with Crippen LogP contribution >= 0.6 is 0 Å². The highest BCUT2D eigenvalue weighted by atomic mass is 16.6. The van der Waals surface area contributed by atoms with Crippen LogP contribution in [0.3, 0.4) is 0 Å². The molecule has 0 bridgehead atoms. The second kappa shape index (κ2) is 68.1. The molecule has 79 heavy (non-hydrogen) atoms. The minimum atomic E-state index is -0.775. The molecule has 6 nitrogen and oxygen atoms in total. The Morgan fingerprint density at radius 3 is 0.759 bits per heavy atom. The Kier molecular flexibility index (Phi) is 66.1. The molecule has 0 rings (SSSR count). The van der Waals surface area contributed by atoms with E-state index in [9.17, 15) is 14.4 Å². The van der Waals surface area contributed by atoms with Crippen LogP contribution in [0.15, 0.2) is 36.5 Å². The highest BCUT2D eigenvalue weighted by Gasteiger charge is 2.19. The summed E-state index contributed by atoms with van der Waals surface area (Å²) in [6, 6.07) is 0. The summed E-state index contributed by atoms with van der Waals surface area (Å²) in [6.45, 7) is 6.63. The van der Waals surface area contributed by atoms with E-state index in [4.69, 9.17) is 14.2 Å². The van der Waals surface area contributed by atoms with E-state index in [0.29, 0.717) is 19.3 Å². The van der Waals surface area contributed by atoms with Gasteiger partial charge >= 0.3 is 17.9 Å². The first kappa shape index (κ1) is 76.6. The lowest BCUT2D eigenvalue weighted by molar-refractivity contribution is -0.167. The van der Waals surface area contributed by atoms with E-state index in [1.54, 1.807) is 0 Å². The third-order valence-electron chi connectivity index (χ3n) is 16.1. The number of ether oxygens (including phenoxy) is 3. The van der Waals surface area contributed by atoms with Crippen LogP contribution in [0, 0.1) is 0 Å². The van der Waals surface area contributed by atoms with E-state index in [-0.39, 0.29) is 31.1 Å². The van der Waals surface area contributed by atoms with Crippen molar-refractivity contribution in [2.75, 3.05) is 13.2 Å². The molecule has 0 saturated carbocycles. The zero-order valence-corrected chi connectivity index (χ0v) is 53.4. The van der Waals surface area contributed by atoms with Gasteiger partial charge in [0.1, 0.15) is 13.2 Å². The molecular weight excluding hydrogens is 973 g/mol. The van der Waals surface area contributed by atoms with E-state index in [2.05, 4.69) is 57.2 Å². The maximum absolute atomic E-state index is 12.9. The van der Waals surface area contributed by atoms with Crippen molar-refractivity contribution in [1.82, 2.24) is 0 Å². The molecule has 1 unspecified atom stereocenters. The maximum Gasteiger partial charge on any atom is 0.306 e. The molecule has 0 amide bonds. The monoisotopic (exact) mass is 1110 g/mol. The molecule has 0 aliphatic heterocycles. The molecule has 0 aliphatic rings. The van der Waals surface area contributed by atoms with Crippen molar-refractivity contribution in [1.29, 1.82) is 0 Å². The van der Waals surface area contributed by atoms with Gasteiger partial charge in [-0.25, -0.2) is 0 Å². The predicted octanol–water partition coefficient (Wildman–Crippen LogP) is 24.3. The summed E-state index contributed by atoms with van der Waals surface area (Å²) in [4.78, 5) is 38.3. The van der Waals surface area contributed by atoms with Crippen molar-refractivity contribution < 1.29 is 28.6 Å². The van der Waals surface area contributed by atoms with Gasteiger partial charge in [-0.2, -0.15) is 0 Å². The quantitative estimate of drug-likeness (QED) is 0.0261. The number of hydrogen-bond acceptors (Lipinski definition) is 6. The minimum absolute atomic E-state index is 0.0711. The van der Waals surface area contributed by atoms with Crippen molar-refractivity contribution in [3.8, 4) is 0 Å². The van der Waals surface area contributed by atoms with Gasteiger partial charge in [0.15, 0.2) is 6.10 Å². The lowest BCUT2D eigenvalue weighted by atomic mass is 10.0. The molecule has 0 aliphatic carbocycles. The Morgan fingerprint density at radius 2 is 0.481 bits per heavy atom. The van der Waals surface area contributed by atoms with Crippen LogP contribution < -0.4 is 0 Å². The molecule has 0 aromatic heterocycles. The van der Waals surface area contributed by atoms with E-state index >= 15 is 0 Å². The number of hydrogen-bond donors (Lipinski definition) is 0. The van der Waals surface area contributed by atoms with Gasteiger partial charge in [-0.3, -0.25) is 14.4 Å². The first-order chi connectivity index (χ1) is 39.0. The fraction of sp³-hybridized carbons (Fsp3) is 0.877. The molecule has 0 fully saturated rings. The molecule has 6 heteroatoms. The molecule has 0 N–H and O–H groups in total. The van der Waals surface area contributed by atoms with E-state index in [1.807, 2.05) is 0 Å². The van der Waals surface area contributed by atoms with Gasteiger partial charge in [0, 0.05) is 19.3 Å². The van der Waals surface area contributed by atoms with Gasteiger partial charge in [0.2, 0.25) is 0 Å². The maximum atomic E-state index is 12.9. The van der Waals surface area contributed by atoms with Gasteiger partial charge in [-0.1, -0.05) is 340 Å². The van der Waals surface area contributed by atoms with Crippen LogP contribution in [0.1, 0.15) is 393 Å². The Labute approximate surface area is 493 Å². The molecule has 0 radical (unpaired) electrons. The average Bonchev–Trinajstić information content (AvgIpc) is 3.45. The number of esters is 3. The third kappa shape index (κ3) is 66.3. The smallest absolute Gasteiger partial charge is 0.306 e. The van der Waals surface area contributed by atoms with Crippen LogP contribution in [0.25, 0.3) is 0 Å². The van der Waals surface area contributed by atoms with Gasteiger partial charge in [-0.15, -0.1) is 0 Å². The normalized spacial score (nSPS) is 12.2. The zero-order chi connectivity index (χ0) is 57.1. The first-order valence-corrected chi connectivity index (χ1v) is 35.5. The van der Waals surface area contributed by atoms with Crippen molar-refractivity contribution in [2.45, 2.75) is 399 Å². The number of carbonyl (C=O) groups excluding carboxylic acids is 3. The molecule has 0 saturated heterocycles. The van der Waals surface area contributed by atoms with E-state index < -0.39 is 6.10 Å². The SMILES string of the molecule is CCC/C=C\CCCCCCCC(=O)OCC(COC(=O)CCCCCCCCCCCCCCCCCCCCCCCCCCCCCC)OC(=O)CCCCCCCCCCCCC/C=C\C/C=C\CCCCCCC.